The Morgan fingerprint density at radius 1 is 0.805 bits per heavy atom. The van der Waals surface area contributed by atoms with Crippen molar-refractivity contribution >= 4 is 17.6 Å². The summed E-state index contributed by atoms with van der Waals surface area (Å²) in [6.45, 7) is 0. The maximum absolute atomic E-state index is 13.8. The second kappa shape index (κ2) is 13.6. The number of nitrogens with two attached hydrogens (primary N) is 1. The molecule has 41 heavy (non-hydrogen) atoms. The minimum atomic E-state index is -0.853. The molecule has 0 radical (unpaired) electrons. The molecule has 7 nitrogen and oxygen atoms in total. The van der Waals surface area contributed by atoms with E-state index in [0.29, 0.717) is 49.5 Å². The van der Waals surface area contributed by atoms with E-state index in [1.165, 1.54) is 0 Å². The SMILES string of the molecule is N[C@H]1Cc2cccc(c2)Oc2cccc(c2)C[C@@H](C(=O)CC2CCCC2)NC(=O)[C@H](CCc2ccccc2)NC1=O. The highest BCUT2D eigenvalue weighted by molar-refractivity contribution is 5.94. The number of benzene rings is 3. The molecule has 4 N–H and O–H groups in total. The van der Waals surface area contributed by atoms with Crippen LogP contribution in [0.2, 0.25) is 0 Å². The van der Waals surface area contributed by atoms with Gasteiger partial charge in [-0.05, 0) is 72.6 Å². The fourth-order valence-electron chi connectivity index (χ4n) is 5.85. The molecular weight excluding hydrogens is 514 g/mol. The van der Waals surface area contributed by atoms with Crippen molar-refractivity contribution in [1.82, 2.24) is 10.6 Å². The number of hydrogen-bond donors (Lipinski definition) is 3. The summed E-state index contributed by atoms with van der Waals surface area (Å²) in [5.74, 6) is 0.886. The van der Waals surface area contributed by atoms with Gasteiger partial charge >= 0.3 is 0 Å². The Balaban J connectivity index is 1.45. The maximum atomic E-state index is 13.8. The van der Waals surface area contributed by atoms with E-state index in [9.17, 15) is 14.4 Å². The fraction of sp³-hybridized carbons (Fsp3) is 0.382. The van der Waals surface area contributed by atoms with Gasteiger partial charge in [0.2, 0.25) is 11.8 Å². The number of carbonyl (C=O) groups is 3. The summed E-state index contributed by atoms with van der Waals surface area (Å²) in [4.78, 5) is 40.6. The highest BCUT2D eigenvalue weighted by Gasteiger charge is 2.30. The summed E-state index contributed by atoms with van der Waals surface area (Å²) in [6.07, 6.45) is 6.43. The van der Waals surface area contributed by atoms with Crippen LogP contribution in [0.1, 0.15) is 55.2 Å². The second-order valence-electron chi connectivity index (χ2n) is 11.4. The van der Waals surface area contributed by atoms with E-state index >= 15 is 0 Å². The van der Waals surface area contributed by atoms with Crippen LogP contribution in [0.4, 0.5) is 0 Å². The van der Waals surface area contributed by atoms with E-state index in [0.717, 1.165) is 42.4 Å². The largest absolute Gasteiger partial charge is 0.457 e. The molecule has 2 amide bonds. The van der Waals surface area contributed by atoms with Gasteiger partial charge in [0.25, 0.3) is 0 Å². The summed E-state index contributed by atoms with van der Waals surface area (Å²) in [7, 11) is 0. The van der Waals surface area contributed by atoms with E-state index in [-0.39, 0.29) is 11.7 Å². The molecule has 5 rings (SSSR count). The number of carbonyl (C=O) groups excluding carboxylic acids is 3. The monoisotopic (exact) mass is 553 g/mol. The van der Waals surface area contributed by atoms with E-state index in [4.69, 9.17) is 10.5 Å². The third kappa shape index (κ3) is 8.04. The van der Waals surface area contributed by atoms with Crippen LogP contribution in [-0.4, -0.2) is 35.7 Å². The van der Waals surface area contributed by atoms with E-state index < -0.39 is 24.0 Å². The molecule has 1 aliphatic heterocycles. The Morgan fingerprint density at radius 3 is 2.15 bits per heavy atom. The lowest BCUT2D eigenvalue weighted by atomic mass is 9.93. The maximum Gasteiger partial charge on any atom is 0.243 e. The van der Waals surface area contributed by atoms with Crippen LogP contribution in [-0.2, 0) is 33.6 Å². The Bertz CT molecular complexity index is 1350. The molecule has 0 saturated heterocycles. The van der Waals surface area contributed by atoms with E-state index in [1.807, 2.05) is 78.9 Å². The number of ketones is 1. The third-order valence-corrected chi connectivity index (χ3v) is 8.13. The van der Waals surface area contributed by atoms with Gasteiger partial charge in [-0.1, -0.05) is 80.3 Å². The van der Waals surface area contributed by atoms with Crippen molar-refractivity contribution in [2.45, 2.75) is 75.9 Å². The van der Waals surface area contributed by atoms with Crippen LogP contribution >= 0.6 is 0 Å². The molecule has 1 saturated carbocycles. The molecule has 214 valence electrons. The molecule has 4 bridgehead atoms. The molecule has 7 heteroatoms. The topological polar surface area (TPSA) is 111 Å². The van der Waals surface area contributed by atoms with Crippen LogP contribution < -0.4 is 21.1 Å². The van der Waals surface area contributed by atoms with Crippen LogP contribution in [0, 0.1) is 5.92 Å². The average molecular weight is 554 g/mol. The van der Waals surface area contributed by atoms with Crippen LogP contribution in [0.15, 0.2) is 78.9 Å². The lowest BCUT2D eigenvalue weighted by Gasteiger charge is -2.25. The number of Topliss-reactive ketones (excluding diaryl/α,β-unsaturated/α-hetero) is 1. The minimum absolute atomic E-state index is 0.0234. The Hall–Kier alpha value is -3.97. The Labute approximate surface area is 241 Å². The van der Waals surface area contributed by atoms with Crippen molar-refractivity contribution in [3.8, 4) is 11.5 Å². The summed E-state index contributed by atoms with van der Waals surface area (Å²) in [5.41, 5.74) is 9.13. The number of hydrogen-bond acceptors (Lipinski definition) is 5. The molecule has 0 aromatic heterocycles. The van der Waals surface area contributed by atoms with Gasteiger partial charge in [0.15, 0.2) is 5.78 Å². The predicted octanol–water partition coefficient (Wildman–Crippen LogP) is 4.66. The zero-order valence-electron chi connectivity index (χ0n) is 23.4. The molecule has 3 atom stereocenters. The first-order valence-corrected chi connectivity index (χ1v) is 14.7. The summed E-state index contributed by atoms with van der Waals surface area (Å²) in [5, 5.41) is 5.92. The van der Waals surface area contributed by atoms with Gasteiger partial charge in [-0.25, -0.2) is 0 Å². The van der Waals surface area contributed by atoms with Crippen LogP contribution in [0.25, 0.3) is 0 Å². The highest BCUT2D eigenvalue weighted by atomic mass is 16.5. The first kappa shape index (κ1) is 28.6. The number of ether oxygens (including phenoxy) is 1. The van der Waals surface area contributed by atoms with Gasteiger partial charge in [0.1, 0.15) is 17.5 Å². The van der Waals surface area contributed by atoms with Crippen LogP contribution in [0.3, 0.4) is 0 Å². The zero-order chi connectivity index (χ0) is 28.6. The Morgan fingerprint density at radius 2 is 1.46 bits per heavy atom. The van der Waals surface area contributed by atoms with Crippen molar-refractivity contribution in [2.75, 3.05) is 0 Å². The molecule has 1 aliphatic carbocycles. The number of amides is 2. The smallest absolute Gasteiger partial charge is 0.243 e. The van der Waals surface area contributed by atoms with Gasteiger partial charge in [-0.2, -0.15) is 0 Å². The molecule has 3 aromatic carbocycles. The lowest BCUT2D eigenvalue weighted by Crippen LogP contribution is -2.55. The fourth-order valence-corrected chi connectivity index (χ4v) is 5.85. The number of aryl methyl sites for hydroxylation is 1. The zero-order valence-corrected chi connectivity index (χ0v) is 23.4. The number of fused-ring (bicyclic) bond motifs is 4. The first-order valence-electron chi connectivity index (χ1n) is 14.7. The minimum Gasteiger partial charge on any atom is -0.457 e. The highest BCUT2D eigenvalue weighted by Crippen LogP contribution is 2.29. The van der Waals surface area contributed by atoms with E-state index in [2.05, 4.69) is 10.6 Å². The number of nitrogens with one attached hydrogen (secondary N) is 2. The lowest BCUT2D eigenvalue weighted by molar-refractivity contribution is -0.132. The van der Waals surface area contributed by atoms with Gasteiger partial charge in [0, 0.05) is 6.42 Å². The molecule has 1 heterocycles. The summed E-state index contributed by atoms with van der Waals surface area (Å²) < 4.78 is 6.12. The second-order valence-corrected chi connectivity index (χ2v) is 11.4. The molecule has 1 fully saturated rings. The predicted molar refractivity (Wildman–Crippen MR) is 159 cm³/mol. The van der Waals surface area contributed by atoms with Crippen molar-refractivity contribution in [3.05, 3.63) is 95.6 Å². The molecule has 2 aliphatic rings. The van der Waals surface area contributed by atoms with Gasteiger partial charge in [0.05, 0.1) is 12.1 Å². The molecular formula is C34H39N3O4. The Kier molecular flexibility index (Phi) is 9.47. The quantitative estimate of drug-likeness (QED) is 0.411. The first-order chi connectivity index (χ1) is 19.9. The average Bonchev–Trinajstić information content (AvgIpc) is 3.48. The third-order valence-electron chi connectivity index (χ3n) is 8.13. The van der Waals surface area contributed by atoms with Crippen molar-refractivity contribution in [2.24, 2.45) is 11.7 Å². The van der Waals surface area contributed by atoms with Crippen molar-refractivity contribution in [3.63, 3.8) is 0 Å². The normalized spacial score (nSPS) is 21.9. The molecule has 3 aromatic rings. The number of rotatable bonds is 6. The van der Waals surface area contributed by atoms with Crippen molar-refractivity contribution < 1.29 is 19.1 Å². The summed E-state index contributed by atoms with van der Waals surface area (Å²) in [6, 6.07) is 22.6. The van der Waals surface area contributed by atoms with Gasteiger partial charge in [-0.15, -0.1) is 0 Å². The van der Waals surface area contributed by atoms with Gasteiger partial charge in [-0.3, -0.25) is 14.4 Å². The molecule has 0 spiro atoms. The van der Waals surface area contributed by atoms with Crippen molar-refractivity contribution in [1.29, 1.82) is 0 Å². The summed E-state index contributed by atoms with van der Waals surface area (Å²) >= 11 is 0. The molecule has 0 unspecified atom stereocenters. The standard InChI is InChI=1S/C34H39N3O4/c35-29-20-25-12-6-14-27(18-25)41-28-15-7-13-26(19-28)21-31(32(38)22-24-10-4-5-11-24)37-34(40)30(36-33(29)39)17-16-23-8-2-1-3-9-23/h1-3,6-9,12-15,18-19,24,29-31H,4-5,10-11,16-17,20-22,35H2,(H,36,39)(H,37,40)/t29-,30-,31-/m0/s1. The van der Waals surface area contributed by atoms with Crippen LogP contribution in [0.5, 0.6) is 11.5 Å². The van der Waals surface area contributed by atoms with Gasteiger partial charge < -0.3 is 21.1 Å². The van der Waals surface area contributed by atoms with E-state index in [1.54, 1.807) is 0 Å².